The Morgan fingerprint density at radius 3 is 2.61 bits per heavy atom. The number of carbonyl (C=O) groups excluding carboxylic acids is 2. The normalized spacial score (nSPS) is 13.4. The molecule has 1 aliphatic rings. The number of nitrogens with zero attached hydrogens (tertiary/aromatic N) is 3. The van der Waals surface area contributed by atoms with Crippen molar-refractivity contribution in [2.24, 2.45) is 0 Å². The average Bonchev–Trinajstić information content (AvgIpc) is 3.17. The number of fused-ring (bicyclic) bond motifs is 2. The van der Waals surface area contributed by atoms with Gasteiger partial charge in [0, 0.05) is 23.5 Å². The lowest BCUT2D eigenvalue weighted by Crippen LogP contribution is -2.22. The predicted molar refractivity (Wildman–Crippen MR) is 107 cm³/mol. The first kappa shape index (κ1) is 16.5. The van der Waals surface area contributed by atoms with Gasteiger partial charge in [-0.3, -0.25) is 9.59 Å². The van der Waals surface area contributed by atoms with Crippen LogP contribution < -0.4 is 5.32 Å². The molecule has 4 aromatic rings. The minimum atomic E-state index is -0.314. The van der Waals surface area contributed by atoms with Crippen LogP contribution in [0.15, 0.2) is 72.8 Å². The molecule has 2 aromatic heterocycles. The first-order chi connectivity index (χ1) is 13.7. The zero-order valence-electron chi connectivity index (χ0n) is 14.4. The molecule has 5 rings (SSSR count). The molecule has 28 heavy (non-hydrogen) atoms. The smallest absolute Gasteiger partial charge is 0.213 e. The fourth-order valence-electron chi connectivity index (χ4n) is 3.04. The Kier molecular flexibility index (Phi) is 3.80. The van der Waals surface area contributed by atoms with E-state index in [1.54, 1.807) is 11.3 Å². The number of hydrogen-bond acceptors (Lipinski definition) is 7. The van der Waals surface area contributed by atoms with Crippen molar-refractivity contribution in [3.63, 3.8) is 0 Å². The molecular formula is C21H12N4O2S. The molecular weight excluding hydrogens is 372 g/mol. The number of aromatic nitrogens is 3. The minimum Gasteiger partial charge on any atom is -0.352 e. The van der Waals surface area contributed by atoms with Crippen LogP contribution in [0.1, 0.15) is 20.8 Å². The first-order valence-corrected chi connectivity index (χ1v) is 9.34. The molecule has 0 amide bonds. The highest BCUT2D eigenvalue weighted by molar-refractivity contribution is 7.21. The summed E-state index contributed by atoms with van der Waals surface area (Å²) >= 11 is 1.63. The van der Waals surface area contributed by atoms with E-state index in [0.717, 1.165) is 20.8 Å². The Morgan fingerprint density at radius 2 is 1.79 bits per heavy atom. The van der Waals surface area contributed by atoms with Gasteiger partial charge in [-0.25, -0.2) is 15.0 Å². The summed E-state index contributed by atoms with van der Waals surface area (Å²) in [6.07, 6.45) is 3.91. The summed E-state index contributed by atoms with van der Waals surface area (Å²) in [5.41, 5.74) is 3.23. The topological polar surface area (TPSA) is 84.8 Å². The van der Waals surface area contributed by atoms with Crippen LogP contribution in [0.3, 0.4) is 0 Å². The molecule has 1 aliphatic carbocycles. The number of nitrogens with one attached hydrogen (secondary N) is 1. The number of para-hydroxylation sites is 1. The van der Waals surface area contributed by atoms with Gasteiger partial charge in [0.05, 0.1) is 21.5 Å². The highest BCUT2D eigenvalue weighted by atomic mass is 32.1. The number of allylic oxidation sites excluding steroid dienone is 2. The molecule has 0 fully saturated rings. The van der Waals surface area contributed by atoms with Crippen molar-refractivity contribution in [2.75, 3.05) is 5.32 Å². The highest BCUT2D eigenvalue weighted by Gasteiger charge is 2.27. The van der Waals surface area contributed by atoms with Gasteiger partial charge in [0.15, 0.2) is 0 Å². The SMILES string of the molecule is O=C1C(Nc2ccc(-c3nc4ccccc4s3)cc2)=CC(=O)c2ncncc21. The second-order valence-corrected chi connectivity index (χ2v) is 7.26. The van der Waals surface area contributed by atoms with E-state index < -0.39 is 0 Å². The highest BCUT2D eigenvalue weighted by Crippen LogP contribution is 2.31. The van der Waals surface area contributed by atoms with Crippen molar-refractivity contribution in [3.8, 4) is 10.6 Å². The summed E-state index contributed by atoms with van der Waals surface area (Å²) in [6.45, 7) is 0. The van der Waals surface area contributed by atoms with Crippen LogP contribution in [-0.4, -0.2) is 26.5 Å². The van der Waals surface area contributed by atoms with Gasteiger partial charge in [0.1, 0.15) is 17.0 Å². The van der Waals surface area contributed by atoms with E-state index in [1.165, 1.54) is 18.6 Å². The van der Waals surface area contributed by atoms with Crippen molar-refractivity contribution >= 4 is 38.8 Å². The maximum Gasteiger partial charge on any atom is 0.213 e. The number of carbonyl (C=O) groups is 2. The van der Waals surface area contributed by atoms with Crippen LogP contribution in [0.4, 0.5) is 5.69 Å². The molecule has 0 saturated carbocycles. The van der Waals surface area contributed by atoms with Crippen molar-refractivity contribution in [1.29, 1.82) is 0 Å². The van der Waals surface area contributed by atoms with E-state index in [-0.39, 0.29) is 28.5 Å². The summed E-state index contributed by atoms with van der Waals surface area (Å²) in [7, 11) is 0. The van der Waals surface area contributed by atoms with Crippen LogP contribution in [0, 0.1) is 0 Å². The molecule has 0 radical (unpaired) electrons. The summed E-state index contributed by atoms with van der Waals surface area (Å²) < 4.78 is 1.14. The van der Waals surface area contributed by atoms with E-state index in [9.17, 15) is 9.59 Å². The van der Waals surface area contributed by atoms with Crippen molar-refractivity contribution in [2.45, 2.75) is 0 Å². The van der Waals surface area contributed by atoms with Gasteiger partial charge < -0.3 is 5.32 Å². The minimum absolute atomic E-state index is 0.136. The fourth-order valence-corrected chi connectivity index (χ4v) is 4.01. The molecule has 1 N–H and O–H groups in total. The lowest BCUT2D eigenvalue weighted by atomic mass is 9.98. The standard InChI is InChI=1S/C21H12N4O2S/c26-17-9-16(20(27)14-10-22-11-23-19(14)17)24-13-7-5-12(6-8-13)21-25-15-3-1-2-4-18(15)28-21/h1-11,24H. The number of Topliss-reactive ketones (excluding diaryl/α,β-unsaturated/α-hetero) is 1. The Hall–Kier alpha value is -3.71. The molecule has 7 heteroatoms. The van der Waals surface area contributed by atoms with Crippen LogP contribution >= 0.6 is 11.3 Å². The third kappa shape index (κ3) is 2.78. The van der Waals surface area contributed by atoms with Gasteiger partial charge in [-0.1, -0.05) is 12.1 Å². The lowest BCUT2D eigenvalue weighted by Gasteiger charge is -2.15. The zero-order valence-corrected chi connectivity index (χ0v) is 15.2. The third-order valence-electron chi connectivity index (χ3n) is 4.42. The van der Waals surface area contributed by atoms with Crippen molar-refractivity contribution < 1.29 is 9.59 Å². The maximum atomic E-state index is 12.6. The van der Waals surface area contributed by atoms with Gasteiger partial charge in [0.2, 0.25) is 11.6 Å². The first-order valence-electron chi connectivity index (χ1n) is 8.53. The molecule has 0 spiro atoms. The van der Waals surface area contributed by atoms with Gasteiger partial charge in [-0.2, -0.15) is 0 Å². The number of anilines is 1. The molecule has 0 atom stereocenters. The Balaban J connectivity index is 1.41. The van der Waals surface area contributed by atoms with Crippen LogP contribution in [-0.2, 0) is 0 Å². The molecule has 134 valence electrons. The zero-order chi connectivity index (χ0) is 19.1. The number of hydrogen-bond donors (Lipinski definition) is 1. The number of benzene rings is 2. The summed E-state index contributed by atoms with van der Waals surface area (Å²) in [6, 6.07) is 15.6. The Bertz CT molecular complexity index is 1240. The predicted octanol–water partition coefficient (Wildman–Crippen LogP) is 4.13. The maximum absolute atomic E-state index is 12.6. The lowest BCUT2D eigenvalue weighted by molar-refractivity contribution is 0.0981. The van der Waals surface area contributed by atoms with E-state index in [1.807, 2.05) is 48.5 Å². The van der Waals surface area contributed by atoms with E-state index >= 15 is 0 Å². The van der Waals surface area contributed by atoms with Gasteiger partial charge in [-0.05, 0) is 36.4 Å². The van der Waals surface area contributed by atoms with Gasteiger partial charge in [-0.15, -0.1) is 11.3 Å². The molecule has 0 saturated heterocycles. The van der Waals surface area contributed by atoms with Crippen molar-refractivity contribution in [3.05, 3.63) is 84.1 Å². The largest absolute Gasteiger partial charge is 0.352 e. The van der Waals surface area contributed by atoms with E-state index in [4.69, 9.17) is 0 Å². The monoisotopic (exact) mass is 384 g/mol. The van der Waals surface area contributed by atoms with Crippen molar-refractivity contribution in [1.82, 2.24) is 15.0 Å². The Labute approximate surface area is 163 Å². The van der Waals surface area contributed by atoms with Gasteiger partial charge >= 0.3 is 0 Å². The number of thiazole rings is 1. The number of rotatable bonds is 3. The van der Waals surface area contributed by atoms with E-state index in [2.05, 4.69) is 20.3 Å². The Morgan fingerprint density at radius 1 is 0.964 bits per heavy atom. The molecule has 2 heterocycles. The summed E-state index contributed by atoms with van der Waals surface area (Å²) in [5.74, 6) is -0.615. The molecule has 0 unspecified atom stereocenters. The second-order valence-electron chi connectivity index (χ2n) is 6.23. The van der Waals surface area contributed by atoms with Gasteiger partial charge in [0.25, 0.3) is 0 Å². The van der Waals surface area contributed by atoms with Crippen LogP contribution in [0.2, 0.25) is 0 Å². The summed E-state index contributed by atoms with van der Waals surface area (Å²) in [5, 5.41) is 3.96. The molecule has 0 aliphatic heterocycles. The molecule has 2 aromatic carbocycles. The summed E-state index contributed by atoms with van der Waals surface area (Å²) in [4.78, 5) is 37.2. The second kappa shape index (κ2) is 6.47. The fraction of sp³-hybridized carbons (Fsp3) is 0. The van der Waals surface area contributed by atoms with E-state index in [0.29, 0.717) is 5.69 Å². The average molecular weight is 384 g/mol. The third-order valence-corrected chi connectivity index (χ3v) is 5.50. The quantitative estimate of drug-likeness (QED) is 0.572. The van der Waals surface area contributed by atoms with Crippen LogP contribution in [0.25, 0.3) is 20.8 Å². The van der Waals surface area contributed by atoms with Crippen LogP contribution in [0.5, 0.6) is 0 Å². The number of ketones is 2. The molecule has 0 bridgehead atoms. The molecule has 6 nitrogen and oxygen atoms in total.